The molecule has 1 aliphatic carbocycles. The molecule has 0 heterocycles. The van der Waals surface area contributed by atoms with Crippen LogP contribution in [-0.4, -0.2) is 57.5 Å². The second kappa shape index (κ2) is 12.2. The number of carbonyl (C=O) groups excluding carboxylic acids is 2. The third-order valence-corrected chi connectivity index (χ3v) is 3.73. The topological polar surface area (TPSA) is 168 Å². The fraction of sp³-hybridized carbons (Fsp3) is 0.750. The number of amides is 1. The molecular formula is C16H31N2O8P. The molecule has 0 fully saturated rings. The number of rotatable bonds is 7. The predicted octanol–water partition coefficient (Wildman–Crippen LogP) is 0.357. The number of hydrogen-bond acceptors (Lipinski definition) is 6. The summed E-state index contributed by atoms with van der Waals surface area (Å²) in [6.45, 7) is 3.09. The van der Waals surface area contributed by atoms with Crippen LogP contribution in [0.2, 0.25) is 0 Å². The molecule has 1 aliphatic rings. The van der Waals surface area contributed by atoms with Crippen molar-refractivity contribution in [2.45, 2.75) is 71.2 Å². The van der Waals surface area contributed by atoms with Gasteiger partial charge in [0.05, 0.1) is 24.9 Å². The van der Waals surface area contributed by atoms with Gasteiger partial charge in [-0.1, -0.05) is 13.8 Å². The van der Waals surface area contributed by atoms with Crippen molar-refractivity contribution in [3.8, 4) is 0 Å². The second-order valence-corrected chi connectivity index (χ2v) is 6.86. The molecule has 0 bridgehead atoms. The van der Waals surface area contributed by atoms with Crippen molar-refractivity contribution in [3.05, 3.63) is 11.6 Å². The lowest BCUT2D eigenvalue weighted by atomic mass is 9.88. The molecule has 0 spiro atoms. The van der Waals surface area contributed by atoms with Crippen LogP contribution in [0.25, 0.3) is 0 Å². The molecule has 0 unspecified atom stereocenters. The first-order chi connectivity index (χ1) is 13.6. The number of phosphoric acid groups is 1. The van der Waals surface area contributed by atoms with E-state index in [4.69, 9.17) is 38.6 Å². The van der Waals surface area contributed by atoms with Crippen LogP contribution in [0.1, 0.15) is 51.0 Å². The minimum absolute atomic E-state index is 0.0952. The molecule has 0 aromatic rings. The van der Waals surface area contributed by atoms with Crippen molar-refractivity contribution in [3.63, 3.8) is 0 Å². The Bertz CT molecular complexity index is 641. The Labute approximate surface area is 163 Å². The smallest absolute Gasteiger partial charge is 0.463 e. The SMILES string of the molecule is O=P(O)(O)O.[2H]C([2H])([2H])C(=O)N[C@@H]1[C@@H](N)CC(C(=O)OCC)=C[C@H]1OC(CC)CC. The van der Waals surface area contributed by atoms with E-state index in [1.807, 2.05) is 13.8 Å². The van der Waals surface area contributed by atoms with Gasteiger partial charge in [-0.3, -0.25) is 4.79 Å². The molecule has 0 aliphatic heterocycles. The van der Waals surface area contributed by atoms with Gasteiger partial charge in [0.2, 0.25) is 5.91 Å². The highest BCUT2D eigenvalue weighted by Gasteiger charge is 2.35. The van der Waals surface area contributed by atoms with Crippen LogP contribution in [0.4, 0.5) is 0 Å². The number of esters is 1. The number of ether oxygens (including phenoxy) is 2. The number of carbonyl (C=O) groups is 2. The number of hydrogen-bond donors (Lipinski definition) is 5. The van der Waals surface area contributed by atoms with E-state index < -0.39 is 44.7 Å². The van der Waals surface area contributed by atoms with Gasteiger partial charge in [0, 0.05) is 22.6 Å². The van der Waals surface area contributed by atoms with Crippen LogP contribution < -0.4 is 11.1 Å². The fourth-order valence-electron chi connectivity index (χ4n) is 2.54. The van der Waals surface area contributed by atoms with Crippen molar-refractivity contribution < 1.29 is 42.4 Å². The number of nitrogens with two attached hydrogens (primary N) is 1. The summed E-state index contributed by atoms with van der Waals surface area (Å²) >= 11 is 0. The second-order valence-electron chi connectivity index (χ2n) is 5.83. The van der Waals surface area contributed by atoms with Crippen LogP contribution in [-0.2, 0) is 23.6 Å². The van der Waals surface area contributed by atoms with Crippen LogP contribution >= 0.6 is 7.82 Å². The van der Waals surface area contributed by atoms with Gasteiger partial charge < -0.3 is 35.2 Å². The maximum Gasteiger partial charge on any atom is 0.466 e. The van der Waals surface area contributed by atoms with E-state index in [1.54, 1.807) is 13.0 Å². The van der Waals surface area contributed by atoms with Crippen molar-refractivity contribution in [2.75, 3.05) is 6.61 Å². The Morgan fingerprint density at radius 1 is 1.37 bits per heavy atom. The third kappa shape index (κ3) is 11.2. The maximum atomic E-state index is 12.0. The normalized spacial score (nSPS) is 24.5. The van der Waals surface area contributed by atoms with Crippen molar-refractivity contribution in [2.24, 2.45) is 5.73 Å². The zero-order chi connectivity index (χ0) is 23.7. The van der Waals surface area contributed by atoms with Gasteiger partial charge in [-0.25, -0.2) is 9.36 Å². The predicted molar refractivity (Wildman–Crippen MR) is 98.4 cm³/mol. The summed E-state index contributed by atoms with van der Waals surface area (Å²) in [5.41, 5.74) is 6.50. The summed E-state index contributed by atoms with van der Waals surface area (Å²) < 4.78 is 41.5. The first-order valence-electron chi connectivity index (χ1n) is 10.0. The summed E-state index contributed by atoms with van der Waals surface area (Å²) in [5, 5.41) is 2.46. The summed E-state index contributed by atoms with van der Waals surface area (Å²) in [4.78, 5) is 45.5. The van der Waals surface area contributed by atoms with Crippen LogP contribution in [0.5, 0.6) is 0 Å². The standard InChI is InChI=1S/C16H28N2O4.H3O4P/c1-5-12(6-2)22-14-9-11(16(20)21-7-3)8-13(17)15(14)18-10(4)19;1-5(2,3)4/h9,12-15H,5-8,17H2,1-4H3,(H,18,19);(H3,1,2,3,4)/t13-,14+,15+;/m0./s1/i4D3;. The van der Waals surface area contributed by atoms with E-state index in [0.717, 1.165) is 12.8 Å². The molecule has 0 radical (unpaired) electrons. The van der Waals surface area contributed by atoms with Gasteiger partial charge in [0.1, 0.15) is 0 Å². The summed E-state index contributed by atoms with van der Waals surface area (Å²) in [6.07, 6.45) is 2.45. The van der Waals surface area contributed by atoms with Crippen molar-refractivity contribution in [1.82, 2.24) is 5.32 Å². The summed E-state index contributed by atoms with van der Waals surface area (Å²) in [7, 11) is -4.64. The summed E-state index contributed by atoms with van der Waals surface area (Å²) in [6, 6.07) is -1.39. The maximum absolute atomic E-state index is 12.0. The minimum atomic E-state index is -4.64. The van der Waals surface area contributed by atoms with Gasteiger partial charge >= 0.3 is 13.8 Å². The molecule has 27 heavy (non-hydrogen) atoms. The van der Waals surface area contributed by atoms with E-state index in [9.17, 15) is 9.59 Å². The molecule has 1 amide bonds. The van der Waals surface area contributed by atoms with Gasteiger partial charge in [0.25, 0.3) is 0 Å². The van der Waals surface area contributed by atoms with E-state index in [2.05, 4.69) is 5.32 Å². The van der Waals surface area contributed by atoms with E-state index >= 15 is 0 Å². The average molecular weight is 413 g/mol. The molecule has 10 nitrogen and oxygen atoms in total. The highest BCUT2D eigenvalue weighted by molar-refractivity contribution is 7.45. The third-order valence-electron chi connectivity index (χ3n) is 3.73. The lowest BCUT2D eigenvalue weighted by molar-refractivity contribution is -0.139. The molecule has 1 rings (SSSR count). The molecule has 0 aromatic carbocycles. The van der Waals surface area contributed by atoms with Crippen LogP contribution in [0, 0.1) is 0 Å². The van der Waals surface area contributed by atoms with Crippen LogP contribution in [0.15, 0.2) is 11.6 Å². The van der Waals surface area contributed by atoms with Gasteiger partial charge in [0.15, 0.2) is 0 Å². The monoisotopic (exact) mass is 413 g/mol. The van der Waals surface area contributed by atoms with E-state index in [0.29, 0.717) is 5.57 Å². The molecule has 0 aromatic heterocycles. The Morgan fingerprint density at radius 2 is 1.93 bits per heavy atom. The Hall–Kier alpha value is -1.29. The highest BCUT2D eigenvalue weighted by atomic mass is 31.2. The zero-order valence-corrected chi connectivity index (χ0v) is 16.5. The summed E-state index contributed by atoms with van der Waals surface area (Å²) in [5.74, 6) is -1.56. The Morgan fingerprint density at radius 3 is 2.37 bits per heavy atom. The van der Waals surface area contributed by atoms with E-state index in [-0.39, 0.29) is 19.1 Å². The molecular weight excluding hydrogens is 379 g/mol. The van der Waals surface area contributed by atoms with E-state index in [1.165, 1.54) is 0 Å². The Kier molecular flexibility index (Phi) is 9.26. The molecule has 158 valence electrons. The largest absolute Gasteiger partial charge is 0.466 e. The fourth-order valence-corrected chi connectivity index (χ4v) is 2.54. The lowest BCUT2D eigenvalue weighted by Gasteiger charge is -2.36. The number of nitrogens with one attached hydrogen (secondary N) is 1. The van der Waals surface area contributed by atoms with Crippen LogP contribution in [0.3, 0.4) is 0 Å². The van der Waals surface area contributed by atoms with Gasteiger partial charge in [-0.2, -0.15) is 0 Å². The van der Waals surface area contributed by atoms with Gasteiger partial charge in [-0.15, -0.1) is 0 Å². The molecule has 0 saturated heterocycles. The zero-order valence-electron chi connectivity index (χ0n) is 18.6. The van der Waals surface area contributed by atoms with Gasteiger partial charge in [-0.05, 0) is 32.3 Å². The first kappa shape index (κ1) is 20.4. The molecule has 11 heteroatoms. The molecule has 0 saturated carbocycles. The van der Waals surface area contributed by atoms with Crippen molar-refractivity contribution >= 4 is 19.7 Å². The lowest BCUT2D eigenvalue weighted by Crippen LogP contribution is -2.57. The molecule has 6 N–H and O–H groups in total. The minimum Gasteiger partial charge on any atom is -0.463 e. The first-order valence-corrected chi connectivity index (χ1v) is 10.1. The molecule has 3 atom stereocenters. The average Bonchev–Trinajstić information content (AvgIpc) is 2.59. The Balaban J connectivity index is 0.00000150. The highest BCUT2D eigenvalue weighted by Crippen LogP contribution is 2.26. The van der Waals surface area contributed by atoms with Crippen molar-refractivity contribution in [1.29, 1.82) is 0 Å². The quantitative estimate of drug-likeness (QED) is 0.292.